The molecule has 2 heterocycles. The lowest BCUT2D eigenvalue weighted by molar-refractivity contribution is 0.756. The number of aromatic nitrogens is 3. The molecule has 0 radical (unpaired) electrons. The van der Waals surface area contributed by atoms with Gasteiger partial charge in [0.2, 0.25) is 0 Å². The number of nitrogens with zero attached hydrogens (tertiary/aromatic N) is 3. The normalized spacial score (nSPS) is 13.1. The van der Waals surface area contributed by atoms with Crippen LogP contribution in [0.3, 0.4) is 0 Å². The molecule has 4 nitrogen and oxygen atoms in total. The van der Waals surface area contributed by atoms with Crippen LogP contribution in [-0.4, -0.2) is 14.8 Å². The molecule has 0 aliphatic rings. The van der Waals surface area contributed by atoms with Gasteiger partial charge in [-0.3, -0.25) is 4.68 Å². The van der Waals surface area contributed by atoms with Crippen molar-refractivity contribution in [2.24, 2.45) is 12.8 Å². The van der Waals surface area contributed by atoms with Crippen molar-refractivity contribution in [3.63, 3.8) is 0 Å². The zero-order valence-electron chi connectivity index (χ0n) is 9.98. The Kier molecular flexibility index (Phi) is 2.82. The second-order valence-electron chi connectivity index (χ2n) is 4.01. The van der Waals surface area contributed by atoms with Gasteiger partial charge in [0.1, 0.15) is 5.01 Å². The van der Waals surface area contributed by atoms with E-state index in [9.17, 15) is 0 Å². The standard InChI is InChI=1S/C11H16N4S/c1-6-8(3)16-11(13-6)10(12)9-5-15(4)14-7(9)2/h5,10H,12H2,1-4H3. The van der Waals surface area contributed by atoms with Gasteiger partial charge < -0.3 is 5.73 Å². The topological polar surface area (TPSA) is 56.7 Å². The van der Waals surface area contributed by atoms with Crippen molar-refractivity contribution in [1.82, 2.24) is 14.8 Å². The van der Waals surface area contributed by atoms with E-state index in [0.29, 0.717) is 0 Å². The Bertz CT molecular complexity index is 493. The predicted octanol–water partition coefficient (Wildman–Crippen LogP) is 1.85. The van der Waals surface area contributed by atoms with Gasteiger partial charge in [-0.05, 0) is 20.8 Å². The van der Waals surface area contributed by atoms with Gasteiger partial charge in [0.15, 0.2) is 0 Å². The number of thiazole rings is 1. The summed E-state index contributed by atoms with van der Waals surface area (Å²) in [5.74, 6) is 0. The van der Waals surface area contributed by atoms with E-state index in [1.165, 1.54) is 4.88 Å². The monoisotopic (exact) mass is 236 g/mol. The van der Waals surface area contributed by atoms with Gasteiger partial charge in [-0.1, -0.05) is 0 Å². The molecule has 16 heavy (non-hydrogen) atoms. The first-order chi connectivity index (χ1) is 7.49. The Hall–Kier alpha value is -1.20. The van der Waals surface area contributed by atoms with E-state index in [1.807, 2.05) is 27.1 Å². The Labute approximate surface area is 99.1 Å². The summed E-state index contributed by atoms with van der Waals surface area (Å²) in [4.78, 5) is 5.72. The van der Waals surface area contributed by atoms with E-state index in [4.69, 9.17) is 5.73 Å². The first-order valence-corrected chi connectivity index (χ1v) is 6.00. The van der Waals surface area contributed by atoms with Crippen molar-refractivity contribution in [2.75, 3.05) is 0 Å². The molecular weight excluding hydrogens is 220 g/mol. The van der Waals surface area contributed by atoms with Crippen LogP contribution in [0.15, 0.2) is 6.20 Å². The van der Waals surface area contributed by atoms with E-state index >= 15 is 0 Å². The zero-order valence-corrected chi connectivity index (χ0v) is 10.8. The molecule has 0 fully saturated rings. The van der Waals surface area contributed by atoms with E-state index < -0.39 is 0 Å². The molecule has 0 aliphatic carbocycles. The Balaban J connectivity index is 2.38. The first-order valence-electron chi connectivity index (χ1n) is 5.18. The van der Waals surface area contributed by atoms with Crippen LogP contribution in [0.1, 0.15) is 32.9 Å². The van der Waals surface area contributed by atoms with Gasteiger partial charge >= 0.3 is 0 Å². The second-order valence-corrected chi connectivity index (χ2v) is 5.25. The smallest absolute Gasteiger partial charge is 0.115 e. The molecule has 5 heteroatoms. The van der Waals surface area contributed by atoms with Crippen molar-refractivity contribution >= 4 is 11.3 Å². The van der Waals surface area contributed by atoms with Gasteiger partial charge in [-0.25, -0.2) is 4.98 Å². The van der Waals surface area contributed by atoms with Crippen molar-refractivity contribution in [2.45, 2.75) is 26.8 Å². The molecule has 1 unspecified atom stereocenters. The highest BCUT2D eigenvalue weighted by atomic mass is 32.1. The van der Waals surface area contributed by atoms with E-state index in [-0.39, 0.29) is 6.04 Å². The van der Waals surface area contributed by atoms with E-state index in [1.54, 1.807) is 16.0 Å². The third-order valence-corrected chi connectivity index (χ3v) is 3.85. The summed E-state index contributed by atoms with van der Waals surface area (Å²) in [5.41, 5.74) is 9.30. The van der Waals surface area contributed by atoms with Crippen LogP contribution in [-0.2, 0) is 7.05 Å². The van der Waals surface area contributed by atoms with Gasteiger partial charge in [0, 0.05) is 23.7 Å². The third-order valence-electron chi connectivity index (χ3n) is 2.70. The summed E-state index contributed by atoms with van der Waals surface area (Å²) < 4.78 is 1.79. The fourth-order valence-electron chi connectivity index (χ4n) is 1.69. The quantitative estimate of drug-likeness (QED) is 0.865. The van der Waals surface area contributed by atoms with Gasteiger partial charge in [-0.15, -0.1) is 11.3 Å². The van der Waals surface area contributed by atoms with Crippen LogP contribution < -0.4 is 5.73 Å². The maximum atomic E-state index is 6.21. The summed E-state index contributed by atoms with van der Waals surface area (Å²) in [6.45, 7) is 6.06. The minimum absolute atomic E-state index is 0.161. The lowest BCUT2D eigenvalue weighted by atomic mass is 10.1. The minimum atomic E-state index is -0.161. The summed E-state index contributed by atoms with van der Waals surface area (Å²) >= 11 is 1.66. The Morgan fingerprint density at radius 3 is 2.44 bits per heavy atom. The van der Waals surface area contributed by atoms with Crippen molar-refractivity contribution < 1.29 is 0 Å². The van der Waals surface area contributed by atoms with Crippen LogP contribution in [0, 0.1) is 20.8 Å². The Morgan fingerprint density at radius 1 is 1.31 bits per heavy atom. The molecule has 0 aliphatic heterocycles. The first kappa shape index (κ1) is 11.3. The molecular formula is C11H16N4S. The van der Waals surface area contributed by atoms with Crippen molar-refractivity contribution in [3.8, 4) is 0 Å². The fraction of sp³-hybridized carbons (Fsp3) is 0.455. The molecule has 86 valence electrons. The van der Waals surface area contributed by atoms with Gasteiger partial charge in [0.05, 0.1) is 17.4 Å². The highest BCUT2D eigenvalue weighted by molar-refractivity contribution is 7.11. The van der Waals surface area contributed by atoms with Crippen LogP contribution in [0.2, 0.25) is 0 Å². The number of rotatable bonds is 2. The maximum Gasteiger partial charge on any atom is 0.115 e. The van der Waals surface area contributed by atoms with Crippen LogP contribution in [0.5, 0.6) is 0 Å². The highest BCUT2D eigenvalue weighted by Crippen LogP contribution is 2.27. The molecule has 2 aromatic heterocycles. The Morgan fingerprint density at radius 2 is 2.00 bits per heavy atom. The van der Waals surface area contributed by atoms with Crippen LogP contribution >= 0.6 is 11.3 Å². The predicted molar refractivity (Wildman–Crippen MR) is 65.6 cm³/mol. The molecule has 0 bridgehead atoms. The molecule has 2 aromatic rings. The van der Waals surface area contributed by atoms with Crippen molar-refractivity contribution in [3.05, 3.63) is 33.0 Å². The van der Waals surface area contributed by atoms with Gasteiger partial charge in [-0.2, -0.15) is 5.10 Å². The lowest BCUT2D eigenvalue weighted by Crippen LogP contribution is -2.12. The number of hydrogen-bond donors (Lipinski definition) is 1. The zero-order chi connectivity index (χ0) is 11.9. The number of aryl methyl sites for hydroxylation is 4. The molecule has 0 spiro atoms. The largest absolute Gasteiger partial charge is 0.318 e. The molecule has 2 rings (SSSR count). The molecule has 0 aromatic carbocycles. The van der Waals surface area contributed by atoms with E-state index in [2.05, 4.69) is 17.0 Å². The molecule has 1 atom stereocenters. The fourth-order valence-corrected chi connectivity index (χ4v) is 2.63. The third kappa shape index (κ3) is 1.88. The molecule has 2 N–H and O–H groups in total. The molecule has 0 amide bonds. The summed E-state index contributed by atoms with van der Waals surface area (Å²) in [6, 6.07) is -0.161. The van der Waals surface area contributed by atoms with Crippen LogP contribution in [0.4, 0.5) is 0 Å². The second kappa shape index (κ2) is 3.99. The van der Waals surface area contributed by atoms with Gasteiger partial charge in [0.25, 0.3) is 0 Å². The maximum absolute atomic E-state index is 6.21. The van der Waals surface area contributed by atoms with E-state index in [0.717, 1.165) is 22.0 Å². The average molecular weight is 236 g/mol. The summed E-state index contributed by atoms with van der Waals surface area (Å²) in [7, 11) is 1.90. The highest BCUT2D eigenvalue weighted by Gasteiger charge is 2.18. The number of hydrogen-bond acceptors (Lipinski definition) is 4. The SMILES string of the molecule is Cc1nn(C)cc1C(N)c1nc(C)c(C)s1. The molecule has 0 saturated heterocycles. The minimum Gasteiger partial charge on any atom is -0.318 e. The lowest BCUT2D eigenvalue weighted by Gasteiger charge is -2.06. The summed E-state index contributed by atoms with van der Waals surface area (Å²) in [6.07, 6.45) is 1.96. The summed E-state index contributed by atoms with van der Waals surface area (Å²) in [5, 5.41) is 5.26. The average Bonchev–Trinajstić information content (AvgIpc) is 2.70. The number of nitrogens with two attached hydrogens (primary N) is 1. The molecule has 0 saturated carbocycles. The van der Waals surface area contributed by atoms with Crippen LogP contribution in [0.25, 0.3) is 0 Å². The van der Waals surface area contributed by atoms with Crippen molar-refractivity contribution in [1.29, 1.82) is 0 Å².